The molecule has 2 aliphatic rings. The molecule has 5 rings (SSSR count). The Morgan fingerprint density at radius 3 is 2.67 bits per heavy atom. The van der Waals surface area contributed by atoms with E-state index in [0.29, 0.717) is 34.1 Å². The fourth-order valence-electron chi connectivity index (χ4n) is 4.29. The SMILES string of the molecule is Fc1cc(CC2=NCC3(CCCC3)CO2)cc(F)c1Oc1ccnc2[nH]cc(Cl)c12. The lowest BCUT2D eigenvalue weighted by molar-refractivity contribution is 0.125. The molecule has 0 amide bonds. The second-order valence-electron chi connectivity index (χ2n) is 8.04. The highest BCUT2D eigenvalue weighted by Gasteiger charge is 2.37. The molecule has 8 heteroatoms. The first kappa shape index (κ1) is 19.3. The highest BCUT2D eigenvalue weighted by atomic mass is 35.5. The fourth-order valence-corrected chi connectivity index (χ4v) is 4.52. The van der Waals surface area contributed by atoms with Gasteiger partial charge in [-0.05, 0) is 36.6 Å². The van der Waals surface area contributed by atoms with Crippen LogP contribution in [0.15, 0.2) is 35.6 Å². The smallest absolute Gasteiger partial charge is 0.198 e. The zero-order chi connectivity index (χ0) is 20.7. The summed E-state index contributed by atoms with van der Waals surface area (Å²) >= 11 is 6.14. The molecule has 1 N–H and O–H groups in total. The van der Waals surface area contributed by atoms with Crippen molar-refractivity contribution in [3.05, 3.63) is 52.8 Å². The van der Waals surface area contributed by atoms with Crippen molar-refractivity contribution in [3.63, 3.8) is 0 Å². The van der Waals surface area contributed by atoms with E-state index in [1.807, 2.05) is 0 Å². The molecular formula is C22H20ClF2N3O2. The molecule has 1 spiro atoms. The molecule has 0 atom stereocenters. The Labute approximate surface area is 177 Å². The monoisotopic (exact) mass is 431 g/mol. The van der Waals surface area contributed by atoms with E-state index in [4.69, 9.17) is 21.1 Å². The number of benzene rings is 1. The number of ether oxygens (including phenoxy) is 2. The Morgan fingerprint density at radius 2 is 1.97 bits per heavy atom. The zero-order valence-corrected chi connectivity index (χ0v) is 16.9. The second kappa shape index (κ2) is 7.54. The van der Waals surface area contributed by atoms with Crippen molar-refractivity contribution in [3.8, 4) is 11.5 Å². The molecule has 3 aromatic rings. The molecule has 30 heavy (non-hydrogen) atoms. The lowest BCUT2D eigenvalue weighted by Gasteiger charge is -2.31. The predicted molar refractivity (Wildman–Crippen MR) is 110 cm³/mol. The lowest BCUT2D eigenvalue weighted by Crippen LogP contribution is -2.34. The summed E-state index contributed by atoms with van der Waals surface area (Å²) < 4.78 is 40.8. The van der Waals surface area contributed by atoms with Gasteiger partial charge in [0, 0.05) is 24.2 Å². The molecule has 1 fully saturated rings. The maximum Gasteiger partial charge on any atom is 0.198 e. The maximum absolute atomic E-state index is 14.7. The number of aromatic nitrogens is 2. The van der Waals surface area contributed by atoms with Crippen LogP contribution in [0, 0.1) is 17.0 Å². The molecule has 3 heterocycles. The van der Waals surface area contributed by atoms with Crippen molar-refractivity contribution in [1.29, 1.82) is 0 Å². The van der Waals surface area contributed by atoms with Crippen LogP contribution in [-0.4, -0.2) is 29.0 Å². The van der Waals surface area contributed by atoms with Gasteiger partial charge >= 0.3 is 0 Å². The number of hydrogen-bond donors (Lipinski definition) is 1. The van der Waals surface area contributed by atoms with Gasteiger partial charge in [0.25, 0.3) is 0 Å². The first-order valence-electron chi connectivity index (χ1n) is 9.97. The Morgan fingerprint density at radius 1 is 1.20 bits per heavy atom. The van der Waals surface area contributed by atoms with E-state index >= 15 is 0 Å². The molecule has 1 saturated carbocycles. The van der Waals surface area contributed by atoms with Gasteiger partial charge in [-0.2, -0.15) is 0 Å². The van der Waals surface area contributed by atoms with Gasteiger partial charge in [0.1, 0.15) is 11.4 Å². The van der Waals surface area contributed by atoms with Crippen LogP contribution >= 0.6 is 11.6 Å². The van der Waals surface area contributed by atoms with Crippen LogP contribution in [0.25, 0.3) is 11.0 Å². The van der Waals surface area contributed by atoms with E-state index in [9.17, 15) is 8.78 Å². The average Bonchev–Trinajstić information content (AvgIpc) is 3.34. The van der Waals surface area contributed by atoms with Gasteiger partial charge in [0.05, 0.1) is 23.6 Å². The number of aromatic amines is 1. The molecule has 0 saturated heterocycles. The van der Waals surface area contributed by atoms with E-state index in [1.165, 1.54) is 37.2 Å². The molecule has 156 valence electrons. The van der Waals surface area contributed by atoms with E-state index in [-0.39, 0.29) is 17.6 Å². The lowest BCUT2D eigenvalue weighted by atomic mass is 9.86. The van der Waals surface area contributed by atoms with Gasteiger partial charge in [-0.25, -0.2) is 13.8 Å². The average molecular weight is 432 g/mol. The summed E-state index contributed by atoms with van der Waals surface area (Å²) in [4.78, 5) is 11.5. The molecule has 5 nitrogen and oxygen atoms in total. The largest absolute Gasteiger partial charge is 0.480 e. The summed E-state index contributed by atoms with van der Waals surface area (Å²) in [6.07, 6.45) is 7.95. The van der Waals surface area contributed by atoms with Crippen molar-refractivity contribution in [2.45, 2.75) is 32.1 Å². The van der Waals surface area contributed by atoms with Crippen molar-refractivity contribution in [2.24, 2.45) is 10.4 Å². The van der Waals surface area contributed by atoms with E-state index in [0.717, 1.165) is 19.4 Å². The zero-order valence-electron chi connectivity index (χ0n) is 16.2. The number of pyridine rings is 1. The normalized spacial score (nSPS) is 17.9. The minimum Gasteiger partial charge on any atom is -0.480 e. The minimum absolute atomic E-state index is 0.160. The molecule has 1 aromatic carbocycles. The van der Waals surface area contributed by atoms with Gasteiger partial charge in [0.2, 0.25) is 0 Å². The molecule has 0 radical (unpaired) electrons. The number of nitrogens with one attached hydrogen (secondary N) is 1. The van der Waals surface area contributed by atoms with Gasteiger partial charge in [-0.3, -0.25) is 4.99 Å². The first-order chi connectivity index (χ1) is 14.5. The van der Waals surface area contributed by atoms with Gasteiger partial charge in [-0.15, -0.1) is 0 Å². The topological polar surface area (TPSA) is 59.5 Å². The number of hydrogen-bond acceptors (Lipinski definition) is 4. The molecular weight excluding hydrogens is 412 g/mol. The van der Waals surface area contributed by atoms with Crippen LogP contribution in [0.4, 0.5) is 8.78 Å². The highest BCUT2D eigenvalue weighted by Crippen LogP contribution is 2.40. The fraction of sp³-hybridized carbons (Fsp3) is 0.364. The maximum atomic E-state index is 14.7. The molecule has 2 aromatic heterocycles. The van der Waals surface area contributed by atoms with E-state index < -0.39 is 17.4 Å². The third-order valence-electron chi connectivity index (χ3n) is 5.91. The van der Waals surface area contributed by atoms with Crippen LogP contribution in [0.1, 0.15) is 31.2 Å². The van der Waals surface area contributed by atoms with Crippen molar-refractivity contribution in [2.75, 3.05) is 13.2 Å². The number of aliphatic imine (C=N–C) groups is 1. The summed E-state index contributed by atoms with van der Waals surface area (Å²) in [5.41, 5.74) is 1.08. The highest BCUT2D eigenvalue weighted by molar-refractivity contribution is 6.36. The Hall–Kier alpha value is -2.67. The summed E-state index contributed by atoms with van der Waals surface area (Å²) in [5, 5.41) is 0.825. The van der Waals surface area contributed by atoms with Crippen molar-refractivity contribution in [1.82, 2.24) is 9.97 Å². The standard InChI is InChI=1S/C22H20ClF2N3O2/c23-14-10-27-21-19(14)17(3-6-26-21)30-20-15(24)7-13(8-16(20)25)9-18-28-11-22(12-29-18)4-1-2-5-22/h3,6-8,10H,1-2,4-5,9,11-12H2,(H,26,27). The quantitative estimate of drug-likeness (QED) is 0.566. The summed E-state index contributed by atoms with van der Waals surface area (Å²) in [5.74, 6) is -1.34. The second-order valence-corrected chi connectivity index (χ2v) is 8.45. The molecule has 1 aliphatic carbocycles. The number of H-pyrrole nitrogens is 1. The number of halogens is 3. The van der Waals surface area contributed by atoms with E-state index in [2.05, 4.69) is 15.0 Å². The number of rotatable bonds is 4. The van der Waals surface area contributed by atoms with Crippen LogP contribution in [0.3, 0.4) is 0 Å². The number of fused-ring (bicyclic) bond motifs is 1. The van der Waals surface area contributed by atoms with E-state index in [1.54, 1.807) is 6.20 Å². The summed E-state index contributed by atoms with van der Waals surface area (Å²) in [6, 6.07) is 4.01. The van der Waals surface area contributed by atoms with Crippen molar-refractivity contribution >= 4 is 28.5 Å². The Kier molecular flexibility index (Phi) is 4.85. The molecule has 1 aliphatic heterocycles. The van der Waals surface area contributed by atoms with Crippen LogP contribution in [-0.2, 0) is 11.2 Å². The van der Waals surface area contributed by atoms with Crippen LogP contribution in [0.5, 0.6) is 11.5 Å². The van der Waals surface area contributed by atoms with Gasteiger partial charge in [0.15, 0.2) is 23.3 Å². The Bertz CT molecular complexity index is 1120. The number of nitrogens with zero attached hydrogens (tertiary/aromatic N) is 2. The first-order valence-corrected chi connectivity index (χ1v) is 10.3. The Balaban J connectivity index is 1.36. The molecule has 0 unspecified atom stereocenters. The minimum atomic E-state index is -0.801. The molecule has 0 bridgehead atoms. The van der Waals surface area contributed by atoms with Crippen LogP contribution in [0.2, 0.25) is 5.02 Å². The van der Waals surface area contributed by atoms with Crippen LogP contribution < -0.4 is 4.74 Å². The third kappa shape index (κ3) is 3.51. The van der Waals surface area contributed by atoms with Gasteiger partial charge in [-0.1, -0.05) is 24.4 Å². The van der Waals surface area contributed by atoms with Gasteiger partial charge < -0.3 is 14.5 Å². The summed E-state index contributed by atoms with van der Waals surface area (Å²) in [7, 11) is 0. The van der Waals surface area contributed by atoms with Crippen molar-refractivity contribution < 1.29 is 18.3 Å². The summed E-state index contributed by atoms with van der Waals surface area (Å²) in [6.45, 7) is 1.36. The third-order valence-corrected chi connectivity index (χ3v) is 6.21. The predicted octanol–water partition coefficient (Wildman–Crippen LogP) is 5.82.